The van der Waals surface area contributed by atoms with Crippen LogP contribution in [0.2, 0.25) is 0 Å². The van der Waals surface area contributed by atoms with E-state index in [9.17, 15) is 0 Å². The Kier molecular flexibility index (Phi) is 5.00. The van der Waals surface area contributed by atoms with Crippen molar-refractivity contribution >= 4 is 6.21 Å². The standard InChI is InChI=1S/C16H18N2O2/c1-19-15-9-8-14(16(10-15)20-2)12-18-17-11-13-6-4-3-5-7-13/h3-10,12,17H,11H2,1-2H3. The number of benzene rings is 2. The van der Waals surface area contributed by atoms with Gasteiger partial charge in [0.15, 0.2) is 0 Å². The zero-order valence-corrected chi connectivity index (χ0v) is 11.7. The summed E-state index contributed by atoms with van der Waals surface area (Å²) in [6.45, 7) is 0.690. The Morgan fingerprint density at radius 1 is 1.05 bits per heavy atom. The molecule has 4 heteroatoms. The average Bonchev–Trinajstić information content (AvgIpc) is 2.52. The Hall–Kier alpha value is -2.49. The lowest BCUT2D eigenvalue weighted by Gasteiger charge is -2.07. The van der Waals surface area contributed by atoms with Crippen LogP contribution in [0.5, 0.6) is 11.5 Å². The van der Waals surface area contributed by atoms with E-state index in [-0.39, 0.29) is 0 Å². The molecule has 0 aliphatic heterocycles. The van der Waals surface area contributed by atoms with E-state index in [1.165, 1.54) is 5.56 Å². The number of hydrogen-bond acceptors (Lipinski definition) is 4. The minimum atomic E-state index is 0.690. The van der Waals surface area contributed by atoms with Gasteiger partial charge >= 0.3 is 0 Å². The molecule has 20 heavy (non-hydrogen) atoms. The summed E-state index contributed by atoms with van der Waals surface area (Å²) < 4.78 is 10.5. The summed E-state index contributed by atoms with van der Waals surface area (Å²) in [5.41, 5.74) is 5.10. The minimum Gasteiger partial charge on any atom is -0.497 e. The molecule has 0 fully saturated rings. The maximum atomic E-state index is 5.30. The number of hydrogen-bond donors (Lipinski definition) is 1. The minimum absolute atomic E-state index is 0.690. The molecule has 4 nitrogen and oxygen atoms in total. The molecular formula is C16H18N2O2. The number of ether oxygens (including phenoxy) is 2. The normalized spacial score (nSPS) is 10.5. The highest BCUT2D eigenvalue weighted by Crippen LogP contribution is 2.22. The largest absolute Gasteiger partial charge is 0.497 e. The Balaban J connectivity index is 1.97. The van der Waals surface area contributed by atoms with Crippen molar-refractivity contribution in [3.63, 3.8) is 0 Å². The fourth-order valence-electron chi connectivity index (χ4n) is 1.77. The van der Waals surface area contributed by atoms with Gasteiger partial charge < -0.3 is 14.9 Å². The van der Waals surface area contributed by atoms with Crippen LogP contribution in [0.25, 0.3) is 0 Å². The fraction of sp³-hybridized carbons (Fsp3) is 0.188. The van der Waals surface area contributed by atoms with Crippen molar-refractivity contribution in [1.29, 1.82) is 0 Å². The van der Waals surface area contributed by atoms with Gasteiger partial charge in [0.05, 0.1) is 27.0 Å². The fourth-order valence-corrected chi connectivity index (χ4v) is 1.77. The number of nitrogens with zero attached hydrogens (tertiary/aromatic N) is 1. The van der Waals surface area contributed by atoms with Gasteiger partial charge in [-0.15, -0.1) is 0 Å². The molecule has 0 aromatic heterocycles. The van der Waals surface area contributed by atoms with Gasteiger partial charge in [0, 0.05) is 11.6 Å². The van der Waals surface area contributed by atoms with Gasteiger partial charge in [-0.05, 0) is 17.7 Å². The predicted octanol–water partition coefficient (Wildman–Crippen LogP) is 2.83. The molecule has 2 aromatic carbocycles. The van der Waals surface area contributed by atoms with E-state index in [4.69, 9.17) is 9.47 Å². The van der Waals surface area contributed by atoms with Gasteiger partial charge in [-0.1, -0.05) is 30.3 Å². The topological polar surface area (TPSA) is 42.8 Å². The van der Waals surface area contributed by atoms with Gasteiger partial charge in [-0.3, -0.25) is 0 Å². The molecule has 0 aliphatic rings. The third kappa shape index (κ3) is 3.75. The summed E-state index contributed by atoms with van der Waals surface area (Å²) in [4.78, 5) is 0. The molecule has 0 aliphatic carbocycles. The van der Waals surface area contributed by atoms with Crippen molar-refractivity contribution in [3.8, 4) is 11.5 Å². The van der Waals surface area contributed by atoms with E-state index in [1.807, 2.05) is 36.4 Å². The second-order valence-electron chi connectivity index (χ2n) is 4.19. The highest BCUT2D eigenvalue weighted by Gasteiger charge is 2.02. The molecule has 0 unspecified atom stereocenters. The van der Waals surface area contributed by atoms with E-state index in [0.29, 0.717) is 6.54 Å². The highest BCUT2D eigenvalue weighted by molar-refractivity contribution is 5.83. The summed E-state index contributed by atoms with van der Waals surface area (Å²) in [6, 6.07) is 15.7. The Morgan fingerprint density at radius 3 is 2.55 bits per heavy atom. The zero-order valence-electron chi connectivity index (χ0n) is 11.7. The molecule has 0 bridgehead atoms. The van der Waals surface area contributed by atoms with Gasteiger partial charge in [0.1, 0.15) is 11.5 Å². The molecule has 0 spiro atoms. The lowest BCUT2D eigenvalue weighted by molar-refractivity contribution is 0.394. The molecule has 0 radical (unpaired) electrons. The molecule has 2 aromatic rings. The Bertz CT molecular complexity index is 568. The monoisotopic (exact) mass is 270 g/mol. The lowest BCUT2D eigenvalue weighted by atomic mass is 10.2. The predicted molar refractivity (Wildman–Crippen MR) is 80.4 cm³/mol. The van der Waals surface area contributed by atoms with Crippen molar-refractivity contribution < 1.29 is 9.47 Å². The quantitative estimate of drug-likeness (QED) is 0.648. The third-order valence-electron chi connectivity index (χ3n) is 2.86. The molecule has 1 N–H and O–H groups in total. The van der Waals surface area contributed by atoms with Crippen molar-refractivity contribution in [1.82, 2.24) is 5.43 Å². The van der Waals surface area contributed by atoms with Gasteiger partial charge in [-0.2, -0.15) is 5.10 Å². The summed E-state index contributed by atoms with van der Waals surface area (Å²) in [5.74, 6) is 1.49. The molecule has 0 amide bonds. The maximum Gasteiger partial charge on any atom is 0.131 e. The van der Waals surface area contributed by atoms with E-state index in [0.717, 1.165) is 17.1 Å². The van der Waals surface area contributed by atoms with Crippen LogP contribution in [0, 0.1) is 0 Å². The van der Waals surface area contributed by atoms with E-state index in [1.54, 1.807) is 20.4 Å². The lowest BCUT2D eigenvalue weighted by Crippen LogP contribution is -2.05. The van der Waals surface area contributed by atoms with E-state index >= 15 is 0 Å². The number of methoxy groups -OCH3 is 2. The summed E-state index contributed by atoms with van der Waals surface area (Å²) >= 11 is 0. The number of nitrogens with one attached hydrogen (secondary N) is 1. The second-order valence-corrected chi connectivity index (χ2v) is 4.19. The molecule has 0 saturated heterocycles. The van der Waals surface area contributed by atoms with Crippen molar-refractivity contribution in [3.05, 3.63) is 59.7 Å². The van der Waals surface area contributed by atoms with Gasteiger partial charge in [-0.25, -0.2) is 0 Å². The Labute approximate surface area is 119 Å². The van der Waals surface area contributed by atoms with Crippen LogP contribution in [0.3, 0.4) is 0 Å². The smallest absolute Gasteiger partial charge is 0.131 e. The molecule has 104 valence electrons. The van der Waals surface area contributed by atoms with Gasteiger partial charge in [0.2, 0.25) is 0 Å². The first kappa shape index (κ1) is 13.9. The van der Waals surface area contributed by atoms with E-state index in [2.05, 4.69) is 22.7 Å². The summed E-state index contributed by atoms with van der Waals surface area (Å²) in [6.07, 6.45) is 1.74. The Morgan fingerprint density at radius 2 is 1.85 bits per heavy atom. The zero-order chi connectivity index (χ0) is 14.2. The molecular weight excluding hydrogens is 252 g/mol. The van der Waals surface area contributed by atoms with Crippen molar-refractivity contribution in [2.24, 2.45) is 5.10 Å². The van der Waals surface area contributed by atoms with Crippen molar-refractivity contribution in [2.45, 2.75) is 6.54 Å². The molecule has 0 heterocycles. The van der Waals surface area contributed by atoms with Gasteiger partial charge in [0.25, 0.3) is 0 Å². The maximum absolute atomic E-state index is 5.30. The van der Waals surface area contributed by atoms with Crippen molar-refractivity contribution in [2.75, 3.05) is 14.2 Å². The van der Waals surface area contributed by atoms with Crippen LogP contribution < -0.4 is 14.9 Å². The first-order valence-electron chi connectivity index (χ1n) is 6.35. The summed E-state index contributed by atoms with van der Waals surface area (Å²) in [5, 5.41) is 4.21. The van der Waals surface area contributed by atoms with Crippen LogP contribution in [-0.2, 0) is 6.54 Å². The second kappa shape index (κ2) is 7.19. The van der Waals surface area contributed by atoms with Crippen LogP contribution in [-0.4, -0.2) is 20.4 Å². The van der Waals surface area contributed by atoms with E-state index < -0.39 is 0 Å². The molecule has 0 saturated carbocycles. The van der Waals surface area contributed by atoms with Crippen LogP contribution in [0.1, 0.15) is 11.1 Å². The summed E-state index contributed by atoms with van der Waals surface area (Å²) in [7, 11) is 3.26. The highest BCUT2D eigenvalue weighted by atomic mass is 16.5. The number of rotatable bonds is 6. The SMILES string of the molecule is COc1ccc(C=NNCc2ccccc2)c(OC)c1. The van der Waals surface area contributed by atoms with Crippen LogP contribution >= 0.6 is 0 Å². The first-order valence-corrected chi connectivity index (χ1v) is 6.35. The molecule has 0 atom stereocenters. The number of hydrazone groups is 1. The first-order chi connectivity index (χ1) is 9.83. The van der Waals surface area contributed by atoms with Crippen LogP contribution in [0.15, 0.2) is 53.6 Å². The molecule has 2 rings (SSSR count). The third-order valence-corrected chi connectivity index (χ3v) is 2.86. The van der Waals surface area contributed by atoms with Crippen LogP contribution in [0.4, 0.5) is 0 Å². The average molecular weight is 270 g/mol.